The van der Waals surface area contributed by atoms with E-state index in [1.165, 1.54) is 16.9 Å². The van der Waals surface area contributed by atoms with E-state index in [0.29, 0.717) is 0 Å². The fraction of sp³-hybridized carbons (Fsp3) is 0.267. The van der Waals surface area contributed by atoms with Crippen molar-refractivity contribution < 1.29 is 4.79 Å². The Morgan fingerprint density at radius 3 is 2.58 bits per heavy atom. The topological polar surface area (TPSA) is 41.1 Å². The van der Waals surface area contributed by atoms with Gasteiger partial charge in [-0.25, -0.2) is 0 Å². The van der Waals surface area contributed by atoms with Gasteiger partial charge in [-0.05, 0) is 48.2 Å². The zero-order chi connectivity index (χ0) is 13.7. The lowest BCUT2D eigenvalue weighted by Gasteiger charge is -2.06. The molecule has 1 aromatic carbocycles. The van der Waals surface area contributed by atoms with Gasteiger partial charge in [-0.2, -0.15) is 0 Å². The standard InChI is InChI=1S/C15H18N2OS/c1-3-12-8-9-19-14(12)15(18)17-13-6-4-11(5-7-13)10-16-2/h4-9,16H,3,10H2,1-2H3,(H,17,18). The molecule has 0 atom stereocenters. The predicted molar refractivity (Wildman–Crippen MR) is 80.9 cm³/mol. The van der Waals surface area contributed by atoms with Gasteiger partial charge < -0.3 is 10.6 Å². The highest BCUT2D eigenvalue weighted by Crippen LogP contribution is 2.19. The summed E-state index contributed by atoms with van der Waals surface area (Å²) in [6.07, 6.45) is 0.882. The molecule has 0 unspecified atom stereocenters. The highest BCUT2D eigenvalue weighted by atomic mass is 32.1. The molecule has 19 heavy (non-hydrogen) atoms. The van der Waals surface area contributed by atoms with Gasteiger partial charge in [-0.1, -0.05) is 19.1 Å². The summed E-state index contributed by atoms with van der Waals surface area (Å²) in [6, 6.07) is 9.91. The number of aryl methyl sites for hydroxylation is 1. The van der Waals surface area contributed by atoms with Gasteiger partial charge in [0, 0.05) is 12.2 Å². The molecule has 0 aliphatic carbocycles. The van der Waals surface area contributed by atoms with Gasteiger partial charge in [0.2, 0.25) is 0 Å². The first-order valence-corrected chi connectivity index (χ1v) is 7.23. The van der Waals surface area contributed by atoms with Crippen molar-refractivity contribution in [3.63, 3.8) is 0 Å². The number of thiophene rings is 1. The van der Waals surface area contributed by atoms with Gasteiger partial charge in [-0.15, -0.1) is 11.3 Å². The maximum atomic E-state index is 12.2. The van der Waals surface area contributed by atoms with Crippen LogP contribution in [0.15, 0.2) is 35.7 Å². The Morgan fingerprint density at radius 1 is 1.21 bits per heavy atom. The van der Waals surface area contributed by atoms with Crippen LogP contribution in [0.25, 0.3) is 0 Å². The second-order valence-corrected chi connectivity index (χ2v) is 5.23. The monoisotopic (exact) mass is 274 g/mol. The molecular formula is C15H18N2OS. The summed E-state index contributed by atoms with van der Waals surface area (Å²) in [4.78, 5) is 13.0. The van der Waals surface area contributed by atoms with Gasteiger partial charge >= 0.3 is 0 Å². The molecule has 0 fully saturated rings. The van der Waals surface area contributed by atoms with Gasteiger partial charge in [0.25, 0.3) is 5.91 Å². The molecule has 2 aromatic rings. The summed E-state index contributed by atoms with van der Waals surface area (Å²) in [5.74, 6) is -0.0202. The van der Waals surface area contributed by atoms with Crippen molar-refractivity contribution in [1.82, 2.24) is 5.32 Å². The maximum Gasteiger partial charge on any atom is 0.266 e. The Balaban J connectivity index is 2.06. The van der Waals surface area contributed by atoms with E-state index >= 15 is 0 Å². The van der Waals surface area contributed by atoms with E-state index in [1.54, 1.807) is 0 Å². The van der Waals surface area contributed by atoms with Crippen molar-refractivity contribution in [1.29, 1.82) is 0 Å². The van der Waals surface area contributed by atoms with Crippen LogP contribution in [0, 0.1) is 0 Å². The Kier molecular flexibility index (Phi) is 4.71. The first-order valence-electron chi connectivity index (χ1n) is 6.36. The Morgan fingerprint density at radius 2 is 1.95 bits per heavy atom. The lowest BCUT2D eigenvalue weighted by Crippen LogP contribution is -2.12. The van der Waals surface area contributed by atoms with Crippen molar-refractivity contribution in [2.45, 2.75) is 19.9 Å². The number of nitrogens with one attached hydrogen (secondary N) is 2. The Hall–Kier alpha value is -1.65. The predicted octanol–water partition coefficient (Wildman–Crippen LogP) is 3.28. The summed E-state index contributed by atoms with van der Waals surface area (Å²) >= 11 is 1.49. The minimum atomic E-state index is -0.0202. The van der Waals surface area contributed by atoms with E-state index in [1.807, 2.05) is 42.8 Å². The summed E-state index contributed by atoms with van der Waals surface area (Å²) in [7, 11) is 1.92. The molecule has 1 amide bonds. The first-order chi connectivity index (χ1) is 9.24. The van der Waals surface area contributed by atoms with E-state index in [-0.39, 0.29) is 5.91 Å². The summed E-state index contributed by atoms with van der Waals surface area (Å²) in [5, 5.41) is 8.00. The van der Waals surface area contributed by atoms with Crippen LogP contribution >= 0.6 is 11.3 Å². The van der Waals surface area contributed by atoms with Crippen molar-refractivity contribution in [3.8, 4) is 0 Å². The fourth-order valence-electron chi connectivity index (χ4n) is 1.91. The SMILES string of the molecule is CCc1ccsc1C(=O)Nc1ccc(CNC)cc1. The smallest absolute Gasteiger partial charge is 0.266 e. The third-order valence-electron chi connectivity index (χ3n) is 2.93. The van der Waals surface area contributed by atoms with E-state index in [2.05, 4.69) is 17.6 Å². The van der Waals surface area contributed by atoms with Crippen molar-refractivity contribution in [2.75, 3.05) is 12.4 Å². The van der Waals surface area contributed by atoms with Crippen LogP contribution < -0.4 is 10.6 Å². The van der Waals surface area contributed by atoms with Gasteiger partial charge in [-0.3, -0.25) is 4.79 Å². The number of carbonyl (C=O) groups is 1. The van der Waals surface area contributed by atoms with Crippen molar-refractivity contribution in [3.05, 3.63) is 51.7 Å². The molecule has 0 radical (unpaired) electrons. The molecule has 0 bridgehead atoms. The third kappa shape index (κ3) is 3.43. The molecule has 1 aromatic heterocycles. The summed E-state index contributed by atoms with van der Waals surface area (Å²) in [5.41, 5.74) is 3.14. The molecule has 2 N–H and O–H groups in total. The van der Waals surface area contributed by atoms with Crippen molar-refractivity contribution in [2.24, 2.45) is 0 Å². The molecule has 0 aliphatic heterocycles. The number of anilines is 1. The Labute approximate surface area is 117 Å². The minimum absolute atomic E-state index is 0.0202. The third-order valence-corrected chi connectivity index (χ3v) is 3.88. The largest absolute Gasteiger partial charge is 0.321 e. The molecule has 0 saturated carbocycles. The average molecular weight is 274 g/mol. The molecule has 0 aliphatic rings. The molecule has 1 heterocycles. The number of benzene rings is 1. The van der Waals surface area contributed by atoms with E-state index in [4.69, 9.17) is 0 Å². The summed E-state index contributed by atoms with van der Waals surface area (Å²) < 4.78 is 0. The quantitative estimate of drug-likeness (QED) is 0.878. The normalized spacial score (nSPS) is 10.4. The summed E-state index contributed by atoms with van der Waals surface area (Å²) in [6.45, 7) is 2.89. The highest BCUT2D eigenvalue weighted by molar-refractivity contribution is 7.12. The van der Waals surface area contributed by atoms with Crippen LogP contribution in [-0.2, 0) is 13.0 Å². The number of rotatable bonds is 5. The molecule has 0 spiro atoms. The van der Waals surface area contributed by atoms with E-state index < -0.39 is 0 Å². The second kappa shape index (κ2) is 6.50. The molecule has 100 valence electrons. The van der Waals surface area contributed by atoms with Gasteiger partial charge in [0.1, 0.15) is 0 Å². The average Bonchev–Trinajstić information content (AvgIpc) is 2.90. The highest BCUT2D eigenvalue weighted by Gasteiger charge is 2.11. The van der Waals surface area contributed by atoms with E-state index in [9.17, 15) is 4.79 Å². The lowest BCUT2D eigenvalue weighted by molar-refractivity contribution is 0.103. The molecule has 0 saturated heterocycles. The maximum absolute atomic E-state index is 12.2. The molecule has 4 heteroatoms. The number of carbonyl (C=O) groups excluding carboxylic acids is 1. The number of hydrogen-bond donors (Lipinski definition) is 2. The van der Waals surface area contributed by atoms with Crippen LogP contribution in [0.2, 0.25) is 0 Å². The van der Waals surface area contributed by atoms with Gasteiger partial charge in [0.05, 0.1) is 4.88 Å². The van der Waals surface area contributed by atoms with Crippen LogP contribution in [0.3, 0.4) is 0 Å². The van der Waals surface area contributed by atoms with Crippen LogP contribution in [0.5, 0.6) is 0 Å². The van der Waals surface area contributed by atoms with Crippen LogP contribution in [0.4, 0.5) is 5.69 Å². The number of hydrogen-bond acceptors (Lipinski definition) is 3. The van der Waals surface area contributed by atoms with Crippen LogP contribution in [-0.4, -0.2) is 13.0 Å². The fourth-order valence-corrected chi connectivity index (χ4v) is 2.80. The second-order valence-electron chi connectivity index (χ2n) is 4.31. The first kappa shape index (κ1) is 13.8. The Bertz CT molecular complexity index is 546. The molecular weight excluding hydrogens is 256 g/mol. The lowest BCUT2D eigenvalue weighted by atomic mass is 10.2. The number of amides is 1. The van der Waals surface area contributed by atoms with Gasteiger partial charge in [0.15, 0.2) is 0 Å². The van der Waals surface area contributed by atoms with Crippen LogP contribution in [0.1, 0.15) is 27.7 Å². The minimum Gasteiger partial charge on any atom is -0.321 e. The zero-order valence-electron chi connectivity index (χ0n) is 11.2. The molecule has 2 rings (SSSR count). The van der Waals surface area contributed by atoms with E-state index in [0.717, 1.165) is 29.1 Å². The molecule has 3 nitrogen and oxygen atoms in total. The van der Waals surface area contributed by atoms with Crippen molar-refractivity contribution >= 4 is 22.9 Å². The zero-order valence-corrected chi connectivity index (χ0v) is 12.0.